The average molecular weight is 338 g/mol. The van der Waals surface area contributed by atoms with E-state index in [-0.39, 0.29) is 12.5 Å². The van der Waals surface area contributed by atoms with E-state index in [1.165, 1.54) is 0 Å². The number of benzene rings is 1. The Morgan fingerprint density at radius 1 is 1.26 bits per heavy atom. The molecule has 1 heterocycles. The van der Waals surface area contributed by atoms with Crippen LogP contribution in [0.4, 0.5) is 4.79 Å². The van der Waals surface area contributed by atoms with Crippen LogP contribution in [0.5, 0.6) is 0 Å². The molecule has 0 spiro atoms. The second-order valence-corrected chi connectivity index (χ2v) is 5.90. The van der Waals surface area contributed by atoms with E-state index in [4.69, 9.17) is 11.6 Å². The van der Waals surface area contributed by atoms with E-state index in [1.54, 1.807) is 36.1 Å². The highest BCUT2D eigenvalue weighted by Gasteiger charge is 2.50. The number of nitrogens with zero attached hydrogens (tertiary/aromatic N) is 2. The lowest BCUT2D eigenvalue weighted by atomic mass is 9.92. The molecular weight excluding hydrogens is 318 g/mol. The lowest BCUT2D eigenvalue weighted by molar-refractivity contribution is -0.138. The molecule has 2 rings (SSSR count). The van der Waals surface area contributed by atoms with Crippen LogP contribution < -0.4 is 5.32 Å². The summed E-state index contributed by atoms with van der Waals surface area (Å²) < 4.78 is 0. The molecule has 1 saturated heterocycles. The minimum Gasteiger partial charge on any atom is -0.342 e. The van der Waals surface area contributed by atoms with Gasteiger partial charge in [-0.25, -0.2) is 4.79 Å². The number of amides is 4. The molecule has 1 fully saturated rings. The fraction of sp³-hybridized carbons (Fsp3) is 0.438. The number of urea groups is 1. The highest BCUT2D eigenvalue weighted by atomic mass is 35.5. The Bertz CT molecular complexity index is 645. The zero-order chi connectivity index (χ0) is 17.2. The molecule has 0 unspecified atom stereocenters. The molecule has 23 heavy (non-hydrogen) atoms. The summed E-state index contributed by atoms with van der Waals surface area (Å²) in [6.45, 7) is 6.08. The molecule has 0 saturated carbocycles. The van der Waals surface area contributed by atoms with Gasteiger partial charge in [0, 0.05) is 23.7 Å². The van der Waals surface area contributed by atoms with Crippen molar-refractivity contribution >= 4 is 29.4 Å². The highest BCUT2D eigenvalue weighted by molar-refractivity contribution is 6.32. The van der Waals surface area contributed by atoms with Crippen LogP contribution in [0.3, 0.4) is 0 Å². The summed E-state index contributed by atoms with van der Waals surface area (Å²) in [7, 11) is 0. The van der Waals surface area contributed by atoms with Gasteiger partial charge in [0.15, 0.2) is 0 Å². The maximum Gasteiger partial charge on any atom is 0.325 e. The van der Waals surface area contributed by atoms with Crippen molar-refractivity contribution in [2.75, 3.05) is 19.6 Å². The van der Waals surface area contributed by atoms with Crippen molar-refractivity contribution in [3.63, 3.8) is 0 Å². The van der Waals surface area contributed by atoms with Gasteiger partial charge < -0.3 is 10.2 Å². The Labute approximate surface area is 140 Å². The van der Waals surface area contributed by atoms with Crippen LogP contribution in [-0.2, 0) is 15.1 Å². The Morgan fingerprint density at radius 2 is 1.87 bits per heavy atom. The highest BCUT2D eigenvalue weighted by Crippen LogP contribution is 2.33. The normalized spacial score (nSPS) is 20.6. The molecule has 1 aliphatic heterocycles. The Kier molecular flexibility index (Phi) is 4.94. The number of hydrogen-bond acceptors (Lipinski definition) is 3. The third-order valence-electron chi connectivity index (χ3n) is 4.10. The van der Waals surface area contributed by atoms with Crippen LogP contribution in [-0.4, -0.2) is 47.3 Å². The van der Waals surface area contributed by atoms with Gasteiger partial charge in [0.05, 0.1) is 0 Å². The predicted octanol–water partition coefficient (Wildman–Crippen LogP) is 1.98. The van der Waals surface area contributed by atoms with Gasteiger partial charge in [-0.15, -0.1) is 0 Å². The van der Waals surface area contributed by atoms with Crippen LogP contribution in [0.2, 0.25) is 5.02 Å². The van der Waals surface area contributed by atoms with Crippen molar-refractivity contribution in [2.24, 2.45) is 0 Å². The standard InChI is InChI=1S/C16H20ClN3O3/c1-4-19(5-2)13(21)10-20-14(22)16(3,18-15(20)23)11-8-6-7-9-12(11)17/h6-9H,4-5,10H2,1-3H3,(H,18,23)/t16-/m1/s1. The fourth-order valence-corrected chi connectivity index (χ4v) is 3.03. The molecule has 7 heteroatoms. The average Bonchev–Trinajstić information content (AvgIpc) is 2.73. The van der Waals surface area contributed by atoms with Crippen molar-refractivity contribution in [3.05, 3.63) is 34.9 Å². The summed E-state index contributed by atoms with van der Waals surface area (Å²) in [4.78, 5) is 39.7. The van der Waals surface area contributed by atoms with Crippen LogP contribution in [0.25, 0.3) is 0 Å². The molecule has 1 aromatic carbocycles. The van der Waals surface area contributed by atoms with Gasteiger partial charge in [-0.2, -0.15) is 0 Å². The molecule has 0 aliphatic carbocycles. The Morgan fingerprint density at radius 3 is 2.43 bits per heavy atom. The largest absolute Gasteiger partial charge is 0.342 e. The van der Waals surface area contributed by atoms with Crippen molar-refractivity contribution < 1.29 is 14.4 Å². The van der Waals surface area contributed by atoms with E-state index in [0.29, 0.717) is 23.7 Å². The quantitative estimate of drug-likeness (QED) is 0.835. The molecule has 0 aromatic heterocycles. The van der Waals surface area contributed by atoms with Gasteiger partial charge in [-0.05, 0) is 26.8 Å². The number of halogens is 1. The van der Waals surface area contributed by atoms with Crippen LogP contribution in [0, 0.1) is 0 Å². The molecule has 124 valence electrons. The number of likely N-dealkylation sites (N-methyl/N-ethyl adjacent to an activating group) is 1. The summed E-state index contributed by atoms with van der Waals surface area (Å²) in [6.07, 6.45) is 0. The number of rotatable bonds is 5. The first-order chi connectivity index (χ1) is 10.8. The zero-order valence-corrected chi connectivity index (χ0v) is 14.2. The Balaban J connectivity index is 2.27. The van der Waals surface area contributed by atoms with Crippen LogP contribution in [0.15, 0.2) is 24.3 Å². The molecule has 1 aliphatic rings. The third-order valence-corrected chi connectivity index (χ3v) is 4.43. The summed E-state index contributed by atoms with van der Waals surface area (Å²) in [5, 5.41) is 3.04. The van der Waals surface area contributed by atoms with Crippen molar-refractivity contribution in [1.82, 2.24) is 15.1 Å². The lowest BCUT2D eigenvalue weighted by Gasteiger charge is -2.24. The number of imide groups is 1. The van der Waals surface area contributed by atoms with Crippen molar-refractivity contribution in [3.8, 4) is 0 Å². The molecule has 4 amide bonds. The second kappa shape index (κ2) is 6.58. The van der Waals surface area contributed by atoms with E-state index in [2.05, 4.69) is 5.32 Å². The molecule has 1 atom stereocenters. The minimum atomic E-state index is -1.26. The SMILES string of the molecule is CCN(CC)C(=O)CN1C(=O)N[C@](C)(c2ccccc2Cl)C1=O. The van der Waals surface area contributed by atoms with E-state index in [1.807, 2.05) is 13.8 Å². The third kappa shape index (κ3) is 3.03. The van der Waals surface area contributed by atoms with E-state index >= 15 is 0 Å². The molecule has 6 nitrogen and oxygen atoms in total. The van der Waals surface area contributed by atoms with Crippen molar-refractivity contribution in [1.29, 1.82) is 0 Å². The van der Waals surface area contributed by atoms with E-state index in [0.717, 1.165) is 4.90 Å². The monoisotopic (exact) mass is 337 g/mol. The number of hydrogen-bond donors (Lipinski definition) is 1. The zero-order valence-electron chi connectivity index (χ0n) is 13.4. The molecular formula is C16H20ClN3O3. The summed E-state index contributed by atoms with van der Waals surface area (Å²) >= 11 is 6.16. The van der Waals surface area contributed by atoms with Gasteiger partial charge >= 0.3 is 6.03 Å². The number of carbonyl (C=O) groups excluding carboxylic acids is 3. The molecule has 0 radical (unpaired) electrons. The summed E-state index contributed by atoms with van der Waals surface area (Å²) in [5.41, 5.74) is -0.753. The van der Waals surface area contributed by atoms with Crippen LogP contribution in [0.1, 0.15) is 26.3 Å². The molecule has 1 N–H and O–H groups in total. The van der Waals surface area contributed by atoms with E-state index < -0.39 is 17.5 Å². The van der Waals surface area contributed by atoms with E-state index in [9.17, 15) is 14.4 Å². The number of nitrogens with one attached hydrogen (secondary N) is 1. The summed E-state index contributed by atoms with van der Waals surface area (Å²) in [5.74, 6) is -0.738. The minimum absolute atomic E-state index is 0.262. The van der Waals surface area contributed by atoms with Gasteiger partial charge in [0.1, 0.15) is 12.1 Å². The number of carbonyl (C=O) groups is 3. The van der Waals surface area contributed by atoms with Gasteiger partial charge in [0.2, 0.25) is 5.91 Å². The summed E-state index contributed by atoms with van der Waals surface area (Å²) in [6, 6.07) is 6.26. The predicted molar refractivity (Wildman–Crippen MR) is 87.0 cm³/mol. The molecule has 1 aromatic rings. The first kappa shape index (κ1) is 17.3. The van der Waals surface area contributed by atoms with Gasteiger partial charge in [0.25, 0.3) is 5.91 Å². The lowest BCUT2D eigenvalue weighted by Crippen LogP contribution is -2.44. The molecule has 0 bridgehead atoms. The first-order valence-electron chi connectivity index (χ1n) is 7.52. The first-order valence-corrected chi connectivity index (χ1v) is 7.89. The van der Waals surface area contributed by atoms with Crippen LogP contribution >= 0.6 is 11.6 Å². The smallest absolute Gasteiger partial charge is 0.325 e. The van der Waals surface area contributed by atoms with Gasteiger partial charge in [-0.3, -0.25) is 14.5 Å². The Hall–Kier alpha value is -2.08. The fourth-order valence-electron chi connectivity index (χ4n) is 2.70. The second-order valence-electron chi connectivity index (χ2n) is 5.49. The topological polar surface area (TPSA) is 69.7 Å². The maximum atomic E-state index is 12.7. The van der Waals surface area contributed by atoms with Crippen molar-refractivity contribution in [2.45, 2.75) is 26.3 Å². The maximum absolute atomic E-state index is 12.7. The van der Waals surface area contributed by atoms with Gasteiger partial charge in [-0.1, -0.05) is 29.8 Å².